The van der Waals surface area contributed by atoms with Crippen LogP contribution in [0.2, 0.25) is 0 Å². The topological polar surface area (TPSA) is 99.8 Å². The minimum atomic E-state index is 0.00397. The maximum absolute atomic E-state index is 12.0. The molecule has 0 radical (unpaired) electrons. The van der Waals surface area contributed by atoms with Crippen LogP contribution in [0.5, 0.6) is 5.75 Å². The minimum Gasteiger partial charge on any atom is -0.486 e. The number of aromatic nitrogens is 6. The van der Waals surface area contributed by atoms with Crippen molar-refractivity contribution in [2.75, 3.05) is 6.54 Å². The summed E-state index contributed by atoms with van der Waals surface area (Å²) < 4.78 is 9.04. The Morgan fingerprint density at radius 1 is 1.27 bits per heavy atom. The van der Waals surface area contributed by atoms with E-state index in [1.54, 1.807) is 17.9 Å². The fourth-order valence-electron chi connectivity index (χ4n) is 2.37. The first-order valence-electron chi connectivity index (χ1n) is 8.38. The zero-order valence-electron chi connectivity index (χ0n) is 14.6. The Hall–Kier alpha value is -3.23. The van der Waals surface area contributed by atoms with Crippen LogP contribution >= 0.6 is 0 Å². The van der Waals surface area contributed by atoms with Crippen molar-refractivity contribution in [1.29, 1.82) is 0 Å². The fraction of sp³-hybridized carbons (Fsp3) is 0.353. The number of rotatable bonds is 9. The number of hydrogen-bond donors (Lipinski definition) is 1. The summed E-state index contributed by atoms with van der Waals surface area (Å²) in [7, 11) is 1.76. The number of nitrogens with zero attached hydrogens (tertiary/aromatic N) is 6. The van der Waals surface area contributed by atoms with Gasteiger partial charge in [-0.25, -0.2) is 4.68 Å². The Labute approximate surface area is 151 Å². The molecule has 9 heteroatoms. The number of tetrazole rings is 1. The Bertz CT molecular complexity index is 812. The van der Waals surface area contributed by atoms with Gasteiger partial charge in [0, 0.05) is 32.5 Å². The number of nitrogens with one attached hydrogen (secondary N) is 1. The van der Waals surface area contributed by atoms with E-state index in [0.717, 1.165) is 18.5 Å². The van der Waals surface area contributed by atoms with Gasteiger partial charge in [0.15, 0.2) is 5.82 Å². The van der Waals surface area contributed by atoms with E-state index < -0.39 is 0 Å². The number of amides is 1. The van der Waals surface area contributed by atoms with Gasteiger partial charge in [-0.1, -0.05) is 12.1 Å². The molecule has 136 valence electrons. The number of benzene rings is 1. The maximum Gasteiger partial charge on any atom is 0.224 e. The summed E-state index contributed by atoms with van der Waals surface area (Å²) in [4.78, 5) is 12.0. The van der Waals surface area contributed by atoms with Gasteiger partial charge in [0.25, 0.3) is 0 Å². The lowest BCUT2D eigenvalue weighted by Gasteiger charge is -2.07. The van der Waals surface area contributed by atoms with Gasteiger partial charge >= 0.3 is 0 Å². The molecular weight excluding hydrogens is 334 g/mol. The second-order valence-corrected chi connectivity index (χ2v) is 5.80. The van der Waals surface area contributed by atoms with Crippen molar-refractivity contribution in [3.8, 4) is 5.75 Å². The lowest BCUT2D eigenvalue weighted by Crippen LogP contribution is -2.26. The molecule has 0 unspecified atom stereocenters. The third-order valence-electron chi connectivity index (χ3n) is 3.81. The van der Waals surface area contributed by atoms with Gasteiger partial charge in [-0.2, -0.15) is 5.10 Å². The third-order valence-corrected chi connectivity index (χ3v) is 3.81. The smallest absolute Gasteiger partial charge is 0.224 e. The van der Waals surface area contributed by atoms with Crippen LogP contribution in [0.15, 0.2) is 42.7 Å². The first-order valence-corrected chi connectivity index (χ1v) is 8.38. The van der Waals surface area contributed by atoms with Gasteiger partial charge in [0.05, 0.1) is 6.42 Å². The molecular formula is C17H21N7O2. The Balaban J connectivity index is 1.37. The molecule has 0 aliphatic heterocycles. The second-order valence-electron chi connectivity index (χ2n) is 5.80. The van der Waals surface area contributed by atoms with Crippen molar-refractivity contribution < 1.29 is 9.53 Å². The predicted octanol–water partition coefficient (Wildman–Crippen LogP) is 0.735. The molecule has 9 nitrogen and oxygen atoms in total. The zero-order chi connectivity index (χ0) is 18.2. The molecule has 1 aromatic carbocycles. The highest BCUT2D eigenvalue weighted by Gasteiger charge is 2.05. The van der Waals surface area contributed by atoms with Crippen LogP contribution in [0.4, 0.5) is 0 Å². The summed E-state index contributed by atoms with van der Waals surface area (Å²) >= 11 is 0. The molecule has 26 heavy (non-hydrogen) atoms. The van der Waals surface area contributed by atoms with Crippen LogP contribution in [0, 0.1) is 0 Å². The molecule has 1 N–H and O–H groups in total. The molecule has 0 fully saturated rings. The third kappa shape index (κ3) is 5.13. The van der Waals surface area contributed by atoms with Gasteiger partial charge < -0.3 is 10.1 Å². The lowest BCUT2D eigenvalue weighted by molar-refractivity contribution is -0.120. The van der Waals surface area contributed by atoms with E-state index in [4.69, 9.17) is 4.74 Å². The molecule has 0 saturated carbocycles. The lowest BCUT2D eigenvalue weighted by atomic mass is 10.1. The highest BCUT2D eigenvalue weighted by molar-refractivity contribution is 5.78. The normalized spacial score (nSPS) is 10.7. The number of carbonyl (C=O) groups is 1. The van der Waals surface area contributed by atoms with Gasteiger partial charge in [0.2, 0.25) is 5.91 Å². The van der Waals surface area contributed by atoms with E-state index >= 15 is 0 Å². The zero-order valence-corrected chi connectivity index (χ0v) is 14.6. The largest absolute Gasteiger partial charge is 0.486 e. The summed E-state index contributed by atoms with van der Waals surface area (Å²) in [6, 6.07) is 9.32. The molecule has 3 aromatic rings. The quantitative estimate of drug-likeness (QED) is 0.568. The average Bonchev–Trinajstić information content (AvgIpc) is 3.30. The second kappa shape index (κ2) is 8.75. The number of hydrogen-bond acceptors (Lipinski definition) is 6. The van der Waals surface area contributed by atoms with Crippen molar-refractivity contribution in [2.45, 2.75) is 26.0 Å². The summed E-state index contributed by atoms with van der Waals surface area (Å²) in [6.07, 6.45) is 4.84. The molecule has 0 atom stereocenters. The van der Waals surface area contributed by atoms with E-state index in [0.29, 0.717) is 31.1 Å². The van der Waals surface area contributed by atoms with Gasteiger partial charge in [0.1, 0.15) is 12.4 Å². The summed E-state index contributed by atoms with van der Waals surface area (Å²) in [6.45, 7) is 1.71. The van der Waals surface area contributed by atoms with Crippen LogP contribution in [0.3, 0.4) is 0 Å². The van der Waals surface area contributed by atoms with E-state index in [-0.39, 0.29) is 5.91 Å². The molecule has 0 aliphatic rings. The standard InChI is InChI=1S/C17H21N7O2/c1-23-16(20-21-22-23)13-26-15-6-4-14(5-7-15)12-17(25)18-8-2-10-24-11-3-9-19-24/h3-7,9,11H,2,8,10,12-13H2,1H3,(H,18,25). The number of ether oxygens (including phenoxy) is 1. The molecule has 3 rings (SSSR count). The molecule has 0 aliphatic carbocycles. The van der Waals surface area contributed by atoms with E-state index in [2.05, 4.69) is 25.9 Å². The van der Waals surface area contributed by atoms with Crippen molar-refractivity contribution in [1.82, 2.24) is 35.3 Å². The molecule has 2 heterocycles. The van der Waals surface area contributed by atoms with Crippen molar-refractivity contribution in [3.63, 3.8) is 0 Å². The monoisotopic (exact) mass is 355 g/mol. The first-order chi connectivity index (χ1) is 12.7. The van der Waals surface area contributed by atoms with Crippen LogP contribution in [0.25, 0.3) is 0 Å². The highest BCUT2D eigenvalue weighted by atomic mass is 16.5. The van der Waals surface area contributed by atoms with Gasteiger partial charge in [-0.15, -0.1) is 5.10 Å². The SMILES string of the molecule is Cn1nnnc1COc1ccc(CC(=O)NCCCn2cccn2)cc1. The molecule has 1 amide bonds. The maximum atomic E-state index is 12.0. The van der Waals surface area contributed by atoms with Crippen molar-refractivity contribution in [2.24, 2.45) is 7.05 Å². The van der Waals surface area contributed by atoms with Crippen LogP contribution in [-0.2, 0) is 31.4 Å². The average molecular weight is 355 g/mol. The van der Waals surface area contributed by atoms with Crippen LogP contribution in [0.1, 0.15) is 17.8 Å². The number of carbonyl (C=O) groups excluding carboxylic acids is 1. The molecule has 2 aromatic heterocycles. The number of aryl methyl sites for hydroxylation is 2. The van der Waals surface area contributed by atoms with Crippen molar-refractivity contribution in [3.05, 3.63) is 54.1 Å². The Morgan fingerprint density at radius 2 is 2.12 bits per heavy atom. The molecule has 0 spiro atoms. The summed E-state index contributed by atoms with van der Waals surface area (Å²) in [5.74, 6) is 1.35. The molecule has 0 saturated heterocycles. The highest BCUT2D eigenvalue weighted by Crippen LogP contribution is 2.13. The summed E-state index contributed by atoms with van der Waals surface area (Å²) in [5, 5.41) is 18.2. The Kier molecular flexibility index (Phi) is 5.92. The van der Waals surface area contributed by atoms with E-state index in [9.17, 15) is 4.79 Å². The van der Waals surface area contributed by atoms with Crippen LogP contribution in [-0.4, -0.2) is 42.4 Å². The summed E-state index contributed by atoms with van der Waals surface area (Å²) in [5.41, 5.74) is 0.933. The van der Waals surface area contributed by atoms with Crippen molar-refractivity contribution >= 4 is 5.91 Å². The van der Waals surface area contributed by atoms with Gasteiger partial charge in [-0.3, -0.25) is 9.48 Å². The molecule has 0 bridgehead atoms. The first kappa shape index (κ1) is 17.6. The minimum absolute atomic E-state index is 0.00397. The van der Waals surface area contributed by atoms with E-state index in [1.807, 2.05) is 41.2 Å². The van der Waals surface area contributed by atoms with E-state index in [1.165, 1.54) is 0 Å². The predicted molar refractivity (Wildman–Crippen MR) is 93.1 cm³/mol. The Morgan fingerprint density at radius 3 is 2.81 bits per heavy atom. The fourth-order valence-corrected chi connectivity index (χ4v) is 2.37. The van der Waals surface area contributed by atoms with Gasteiger partial charge in [-0.05, 0) is 40.6 Å². The van der Waals surface area contributed by atoms with Crippen LogP contribution < -0.4 is 10.1 Å².